The van der Waals surface area contributed by atoms with Gasteiger partial charge in [-0.15, -0.1) is 0 Å². The van der Waals surface area contributed by atoms with E-state index in [0.717, 1.165) is 43.8 Å². The molecule has 0 atom stereocenters. The van der Waals surface area contributed by atoms with Gasteiger partial charge < -0.3 is 15.4 Å². The van der Waals surface area contributed by atoms with Gasteiger partial charge in [-0.2, -0.15) is 0 Å². The normalized spacial score (nSPS) is 33.6. The fourth-order valence-corrected chi connectivity index (χ4v) is 5.66. The lowest BCUT2D eigenvalue weighted by molar-refractivity contribution is -0.0135. The molecule has 2 amide bonds. The molecule has 2 N–H and O–H groups in total. The third kappa shape index (κ3) is 4.87. The van der Waals surface area contributed by atoms with Crippen molar-refractivity contribution in [3.8, 4) is 0 Å². The van der Waals surface area contributed by atoms with Crippen LogP contribution in [0.5, 0.6) is 0 Å². The zero-order chi connectivity index (χ0) is 16.8. The summed E-state index contributed by atoms with van der Waals surface area (Å²) >= 11 is 0. The van der Waals surface area contributed by atoms with Crippen molar-refractivity contribution in [3.63, 3.8) is 0 Å². The molecule has 4 aliphatic carbocycles. The highest BCUT2D eigenvalue weighted by atomic mass is 16.5. The molecule has 0 aliphatic heterocycles. The van der Waals surface area contributed by atoms with Crippen LogP contribution in [0, 0.1) is 17.8 Å². The molecular formula is C20H36N2O2. The van der Waals surface area contributed by atoms with E-state index < -0.39 is 0 Å². The van der Waals surface area contributed by atoms with Crippen molar-refractivity contribution >= 4 is 6.03 Å². The lowest BCUT2D eigenvalue weighted by Crippen LogP contribution is -2.61. The summed E-state index contributed by atoms with van der Waals surface area (Å²) in [5, 5.41) is 6.40. The molecular weight excluding hydrogens is 300 g/mol. The van der Waals surface area contributed by atoms with Crippen LogP contribution in [0.4, 0.5) is 4.79 Å². The van der Waals surface area contributed by atoms with E-state index in [2.05, 4.69) is 17.6 Å². The van der Waals surface area contributed by atoms with E-state index in [9.17, 15) is 4.79 Å². The van der Waals surface area contributed by atoms with Crippen LogP contribution in [0.15, 0.2) is 0 Å². The van der Waals surface area contributed by atoms with Crippen molar-refractivity contribution in [2.45, 2.75) is 83.1 Å². The first-order valence-corrected chi connectivity index (χ1v) is 10.3. The van der Waals surface area contributed by atoms with Crippen molar-refractivity contribution in [2.75, 3.05) is 19.8 Å². The molecule has 0 spiro atoms. The Morgan fingerprint density at radius 2 is 1.58 bits per heavy atom. The van der Waals surface area contributed by atoms with Gasteiger partial charge in [0, 0.05) is 25.3 Å². The van der Waals surface area contributed by atoms with E-state index >= 15 is 0 Å². The molecule has 4 heteroatoms. The summed E-state index contributed by atoms with van der Waals surface area (Å²) in [5.74, 6) is 2.62. The molecule has 4 rings (SSSR count). The van der Waals surface area contributed by atoms with E-state index in [4.69, 9.17) is 4.74 Å². The first kappa shape index (κ1) is 18.0. The van der Waals surface area contributed by atoms with Gasteiger partial charge in [-0.1, -0.05) is 26.2 Å². The quantitative estimate of drug-likeness (QED) is 0.586. The Morgan fingerprint density at radius 3 is 2.21 bits per heavy atom. The zero-order valence-corrected chi connectivity index (χ0v) is 15.4. The van der Waals surface area contributed by atoms with E-state index in [1.54, 1.807) is 0 Å². The molecule has 0 saturated heterocycles. The van der Waals surface area contributed by atoms with Crippen LogP contribution in [0.2, 0.25) is 0 Å². The highest BCUT2D eigenvalue weighted by Gasteiger charge is 2.51. The van der Waals surface area contributed by atoms with Crippen LogP contribution in [0.25, 0.3) is 0 Å². The Morgan fingerprint density at radius 1 is 0.958 bits per heavy atom. The van der Waals surface area contributed by atoms with Gasteiger partial charge in [-0.3, -0.25) is 0 Å². The number of hydrogen-bond acceptors (Lipinski definition) is 2. The summed E-state index contributed by atoms with van der Waals surface area (Å²) in [4.78, 5) is 12.3. The highest BCUT2D eigenvalue weighted by molar-refractivity contribution is 5.74. The zero-order valence-electron chi connectivity index (χ0n) is 15.4. The molecule has 0 aromatic rings. The van der Waals surface area contributed by atoms with Gasteiger partial charge in [-0.25, -0.2) is 4.79 Å². The predicted molar refractivity (Wildman–Crippen MR) is 97.0 cm³/mol. The summed E-state index contributed by atoms with van der Waals surface area (Å²) in [5.41, 5.74) is 0.120. The van der Waals surface area contributed by atoms with Gasteiger partial charge in [0.2, 0.25) is 0 Å². The number of carbonyl (C=O) groups is 1. The Labute approximate surface area is 147 Å². The smallest absolute Gasteiger partial charge is 0.315 e. The van der Waals surface area contributed by atoms with Gasteiger partial charge in [0.25, 0.3) is 0 Å². The van der Waals surface area contributed by atoms with E-state index in [1.807, 2.05) is 0 Å². The number of carbonyl (C=O) groups excluding carboxylic acids is 1. The Bertz CT molecular complexity index is 375. The van der Waals surface area contributed by atoms with Gasteiger partial charge in [0.05, 0.1) is 0 Å². The maximum atomic E-state index is 12.3. The molecule has 4 bridgehead atoms. The number of rotatable bonds is 10. The predicted octanol–water partition coefficient (Wildman–Crippen LogP) is 4.24. The monoisotopic (exact) mass is 336 g/mol. The maximum absolute atomic E-state index is 12.3. The average molecular weight is 337 g/mol. The molecule has 4 aliphatic rings. The molecule has 0 aromatic heterocycles. The molecule has 4 saturated carbocycles. The summed E-state index contributed by atoms with van der Waals surface area (Å²) in [6.07, 6.45) is 13.8. The van der Waals surface area contributed by atoms with Crippen molar-refractivity contribution in [1.29, 1.82) is 0 Å². The van der Waals surface area contributed by atoms with Gasteiger partial charge in [0.1, 0.15) is 0 Å². The molecule has 4 fully saturated rings. The van der Waals surface area contributed by atoms with Crippen LogP contribution < -0.4 is 10.6 Å². The first-order chi connectivity index (χ1) is 11.7. The van der Waals surface area contributed by atoms with Crippen molar-refractivity contribution < 1.29 is 9.53 Å². The summed E-state index contributed by atoms with van der Waals surface area (Å²) < 4.78 is 5.62. The largest absolute Gasteiger partial charge is 0.381 e. The van der Waals surface area contributed by atoms with Crippen LogP contribution in [0.1, 0.15) is 77.6 Å². The molecule has 0 heterocycles. The number of unbranched alkanes of at least 4 members (excludes halogenated alkanes) is 3. The lowest BCUT2D eigenvalue weighted by atomic mass is 9.53. The van der Waals surface area contributed by atoms with Gasteiger partial charge in [0.15, 0.2) is 0 Å². The van der Waals surface area contributed by atoms with E-state index in [-0.39, 0.29) is 11.6 Å². The molecule has 138 valence electrons. The van der Waals surface area contributed by atoms with Gasteiger partial charge in [-0.05, 0) is 69.1 Å². The number of urea groups is 1. The average Bonchev–Trinajstić information content (AvgIpc) is 2.51. The standard InChI is InChI=1S/C20H36N2O2/c1-2-3-4-5-8-24-9-6-7-21-19(23)22-20-13-16-10-17(14-20)12-18(11-16)15-20/h16-18H,2-15H2,1H3,(H2,21,22,23). The topological polar surface area (TPSA) is 50.4 Å². The van der Waals surface area contributed by atoms with E-state index in [1.165, 1.54) is 57.8 Å². The number of ether oxygens (including phenoxy) is 1. The van der Waals surface area contributed by atoms with Crippen LogP contribution >= 0.6 is 0 Å². The van der Waals surface area contributed by atoms with E-state index in [0.29, 0.717) is 6.54 Å². The SMILES string of the molecule is CCCCCCOCCCNC(=O)NC12CC3CC(CC(C3)C1)C2. The Balaban J connectivity index is 1.26. The second kappa shape index (κ2) is 8.55. The lowest BCUT2D eigenvalue weighted by Gasteiger charge is -2.56. The fourth-order valence-electron chi connectivity index (χ4n) is 5.66. The summed E-state index contributed by atoms with van der Waals surface area (Å²) in [6, 6.07) is 0.0416. The van der Waals surface area contributed by atoms with Crippen LogP contribution in [0.3, 0.4) is 0 Å². The molecule has 24 heavy (non-hydrogen) atoms. The van der Waals surface area contributed by atoms with Crippen LogP contribution in [-0.4, -0.2) is 31.3 Å². The third-order valence-electron chi connectivity index (χ3n) is 6.31. The number of hydrogen-bond donors (Lipinski definition) is 2. The van der Waals surface area contributed by atoms with Crippen LogP contribution in [-0.2, 0) is 4.74 Å². The minimum absolute atomic E-state index is 0.0416. The second-order valence-electron chi connectivity index (χ2n) is 8.61. The fraction of sp³-hybridized carbons (Fsp3) is 0.950. The van der Waals surface area contributed by atoms with Gasteiger partial charge >= 0.3 is 6.03 Å². The summed E-state index contributed by atoms with van der Waals surface area (Å²) in [7, 11) is 0. The Kier molecular flexibility index (Phi) is 6.43. The second-order valence-corrected chi connectivity index (χ2v) is 8.61. The van der Waals surface area contributed by atoms with Crippen molar-refractivity contribution in [1.82, 2.24) is 10.6 Å². The first-order valence-electron chi connectivity index (χ1n) is 10.3. The highest BCUT2D eigenvalue weighted by Crippen LogP contribution is 2.55. The molecule has 0 unspecified atom stereocenters. The molecule has 0 aromatic carbocycles. The maximum Gasteiger partial charge on any atom is 0.315 e. The third-order valence-corrected chi connectivity index (χ3v) is 6.31. The van der Waals surface area contributed by atoms with Crippen molar-refractivity contribution in [2.24, 2.45) is 17.8 Å². The molecule has 0 radical (unpaired) electrons. The minimum Gasteiger partial charge on any atom is -0.381 e. The number of nitrogens with one attached hydrogen (secondary N) is 2. The number of amides is 2. The van der Waals surface area contributed by atoms with Crippen molar-refractivity contribution in [3.05, 3.63) is 0 Å². The Hall–Kier alpha value is -0.770. The molecule has 4 nitrogen and oxygen atoms in total. The minimum atomic E-state index is 0.0416. The summed E-state index contributed by atoms with van der Waals surface area (Å²) in [6.45, 7) is 4.55.